The summed E-state index contributed by atoms with van der Waals surface area (Å²) in [6.45, 7) is 3.82. The molecular weight excluding hydrogens is 479 g/mol. The first-order valence-corrected chi connectivity index (χ1v) is 12.2. The van der Waals surface area contributed by atoms with Crippen molar-refractivity contribution in [3.63, 3.8) is 0 Å². The predicted octanol–water partition coefficient (Wildman–Crippen LogP) is 2.86. The van der Waals surface area contributed by atoms with E-state index in [1.165, 1.54) is 0 Å². The molecule has 9 nitrogen and oxygen atoms in total. The Morgan fingerprint density at radius 1 is 1.00 bits per heavy atom. The van der Waals surface area contributed by atoms with Crippen molar-refractivity contribution in [1.82, 2.24) is 15.5 Å². The summed E-state index contributed by atoms with van der Waals surface area (Å²) in [5, 5.41) is 14.2. The Kier molecular flexibility index (Phi) is 9.21. The first-order valence-electron chi connectivity index (χ1n) is 12.2. The minimum atomic E-state index is -1.45. The molecule has 1 saturated heterocycles. The maximum atomic E-state index is 14.5. The van der Waals surface area contributed by atoms with Crippen LogP contribution in [0.4, 0.5) is 9.18 Å². The van der Waals surface area contributed by atoms with Crippen LogP contribution in [0.25, 0.3) is 0 Å². The van der Waals surface area contributed by atoms with Crippen LogP contribution in [0.2, 0.25) is 0 Å². The third-order valence-electron chi connectivity index (χ3n) is 6.45. The Morgan fingerprint density at radius 3 is 2.16 bits per heavy atom. The molecule has 37 heavy (non-hydrogen) atoms. The summed E-state index contributed by atoms with van der Waals surface area (Å²) in [6, 6.07) is 13.2. The van der Waals surface area contributed by atoms with Gasteiger partial charge in [-0.2, -0.15) is 0 Å². The third kappa shape index (κ3) is 7.28. The van der Waals surface area contributed by atoms with E-state index in [9.17, 15) is 23.6 Å². The number of likely N-dealkylation sites (tertiary alicyclic amines) is 1. The summed E-state index contributed by atoms with van der Waals surface area (Å²) < 4.78 is 14.5. The zero-order valence-electron chi connectivity index (χ0n) is 20.9. The number of nitrogens with zero attached hydrogens (tertiary/aromatic N) is 1. The van der Waals surface area contributed by atoms with Crippen LogP contribution in [0.3, 0.4) is 0 Å². The zero-order valence-corrected chi connectivity index (χ0v) is 20.9. The number of amides is 4. The molecule has 0 aliphatic carbocycles. The molecule has 2 aromatic rings. The number of rotatable bonds is 10. The third-order valence-corrected chi connectivity index (χ3v) is 6.45. The maximum absolute atomic E-state index is 14.5. The molecule has 0 unspecified atom stereocenters. The van der Waals surface area contributed by atoms with Crippen molar-refractivity contribution in [2.45, 2.75) is 63.3 Å². The van der Waals surface area contributed by atoms with Gasteiger partial charge in [0.05, 0.1) is 12.6 Å². The van der Waals surface area contributed by atoms with E-state index in [0.717, 1.165) is 21.6 Å². The van der Waals surface area contributed by atoms with Gasteiger partial charge < -0.3 is 26.4 Å². The Balaban J connectivity index is 1.85. The molecule has 3 rings (SSSR count). The van der Waals surface area contributed by atoms with Crippen LogP contribution in [0.15, 0.2) is 54.6 Å². The van der Waals surface area contributed by atoms with Crippen LogP contribution in [0.5, 0.6) is 0 Å². The average Bonchev–Trinajstić information content (AvgIpc) is 3.26. The molecule has 1 fully saturated rings. The van der Waals surface area contributed by atoms with Gasteiger partial charge in [0, 0.05) is 12.8 Å². The van der Waals surface area contributed by atoms with Gasteiger partial charge in [-0.15, -0.1) is 0 Å². The molecule has 1 aliphatic rings. The van der Waals surface area contributed by atoms with Crippen molar-refractivity contribution in [3.8, 4) is 0 Å². The lowest BCUT2D eigenvalue weighted by atomic mass is 9.95. The fraction of sp³-hybridized carbons (Fsp3) is 0.407. The van der Waals surface area contributed by atoms with Gasteiger partial charge in [0.15, 0.2) is 0 Å². The summed E-state index contributed by atoms with van der Waals surface area (Å²) in [4.78, 5) is 50.2. The number of benzene rings is 2. The number of alkyl halides is 1. The highest BCUT2D eigenvalue weighted by molar-refractivity contribution is 5.92. The molecule has 4 amide bonds. The monoisotopic (exact) mass is 512 g/mol. The molecule has 198 valence electrons. The summed E-state index contributed by atoms with van der Waals surface area (Å²) in [5.41, 5.74) is 7.94. The number of carbonyl (C=O) groups is 4. The van der Waals surface area contributed by atoms with Gasteiger partial charge in [-0.1, -0.05) is 68.4 Å². The van der Waals surface area contributed by atoms with E-state index in [0.29, 0.717) is 5.92 Å². The van der Waals surface area contributed by atoms with Crippen LogP contribution < -0.4 is 16.4 Å². The molecule has 4 atom stereocenters. The normalized spacial score (nSPS) is 18.8. The van der Waals surface area contributed by atoms with E-state index in [1.807, 2.05) is 54.6 Å². The maximum Gasteiger partial charge on any atom is 0.312 e. The fourth-order valence-corrected chi connectivity index (χ4v) is 4.49. The number of carboxylic acid groups (broad SMARTS) is 1. The second-order valence-corrected chi connectivity index (χ2v) is 9.51. The van der Waals surface area contributed by atoms with Crippen molar-refractivity contribution in [2.75, 3.05) is 6.54 Å². The van der Waals surface area contributed by atoms with Gasteiger partial charge in [-0.3, -0.25) is 14.4 Å². The quantitative estimate of drug-likeness (QED) is 0.387. The number of carbonyl (C=O) groups excluding carboxylic acids is 3. The molecule has 0 saturated carbocycles. The van der Waals surface area contributed by atoms with E-state index in [1.54, 1.807) is 0 Å². The highest BCUT2D eigenvalue weighted by atomic mass is 19.1. The van der Waals surface area contributed by atoms with Crippen LogP contribution in [-0.2, 0) is 14.4 Å². The zero-order chi connectivity index (χ0) is 27.1. The first kappa shape index (κ1) is 27.6. The number of carboxylic acids is 1. The number of nitrogens with one attached hydrogen (secondary N) is 2. The number of halogens is 1. The van der Waals surface area contributed by atoms with Crippen molar-refractivity contribution in [1.29, 1.82) is 0 Å². The van der Waals surface area contributed by atoms with E-state index in [-0.39, 0.29) is 19.4 Å². The lowest BCUT2D eigenvalue weighted by Gasteiger charge is -2.29. The number of urea groups is 1. The summed E-state index contributed by atoms with van der Waals surface area (Å²) in [6.07, 6.45) is -2.32. The van der Waals surface area contributed by atoms with E-state index < -0.39 is 54.5 Å². The highest BCUT2D eigenvalue weighted by Crippen LogP contribution is 2.27. The predicted molar refractivity (Wildman–Crippen MR) is 135 cm³/mol. The average molecular weight is 513 g/mol. The van der Waals surface area contributed by atoms with Crippen molar-refractivity contribution < 1.29 is 28.7 Å². The van der Waals surface area contributed by atoms with Gasteiger partial charge in [0.2, 0.25) is 11.8 Å². The van der Waals surface area contributed by atoms with Gasteiger partial charge >= 0.3 is 12.0 Å². The summed E-state index contributed by atoms with van der Waals surface area (Å²) >= 11 is 0. The van der Waals surface area contributed by atoms with Gasteiger partial charge in [-0.05, 0) is 29.0 Å². The SMILES string of the molecule is CC(C)c1ccc([C@@H](NC(=O)[C@@H]2C[C@@H](F)CN2C(=O)[C@@H](CCC(=O)O)NC(N)=O)c2ccccc2)cc1. The second-order valence-electron chi connectivity index (χ2n) is 9.51. The fourth-order valence-electron chi connectivity index (χ4n) is 4.49. The van der Waals surface area contributed by atoms with Crippen LogP contribution >= 0.6 is 0 Å². The van der Waals surface area contributed by atoms with Crippen molar-refractivity contribution in [3.05, 3.63) is 71.3 Å². The Labute approximate surface area is 215 Å². The molecule has 0 radical (unpaired) electrons. The van der Waals surface area contributed by atoms with E-state index >= 15 is 0 Å². The van der Waals surface area contributed by atoms with Crippen LogP contribution in [0, 0.1) is 0 Å². The number of hydrogen-bond donors (Lipinski definition) is 4. The summed E-state index contributed by atoms with van der Waals surface area (Å²) in [7, 11) is 0. The van der Waals surface area contributed by atoms with Gasteiger partial charge in [0.25, 0.3) is 0 Å². The molecular formula is C27H33FN4O5. The largest absolute Gasteiger partial charge is 0.481 e. The molecule has 10 heteroatoms. The Bertz CT molecular complexity index is 1110. The summed E-state index contributed by atoms with van der Waals surface area (Å²) in [5.74, 6) is -2.14. The molecule has 5 N–H and O–H groups in total. The van der Waals surface area contributed by atoms with Gasteiger partial charge in [0.1, 0.15) is 18.3 Å². The van der Waals surface area contributed by atoms with E-state index in [4.69, 9.17) is 10.8 Å². The Hall–Kier alpha value is -3.95. The molecule has 1 aliphatic heterocycles. The minimum absolute atomic E-state index is 0.215. The highest BCUT2D eigenvalue weighted by Gasteiger charge is 2.42. The first-order chi connectivity index (χ1) is 17.6. The molecule has 0 aromatic heterocycles. The minimum Gasteiger partial charge on any atom is -0.481 e. The number of hydrogen-bond acceptors (Lipinski definition) is 4. The van der Waals surface area contributed by atoms with Crippen molar-refractivity contribution >= 4 is 23.8 Å². The van der Waals surface area contributed by atoms with Gasteiger partial charge in [-0.25, -0.2) is 9.18 Å². The van der Waals surface area contributed by atoms with E-state index in [2.05, 4.69) is 24.5 Å². The molecule has 0 bridgehead atoms. The lowest BCUT2D eigenvalue weighted by molar-refractivity contribution is -0.141. The standard InChI is InChI=1S/C27H33FN4O5/c1-16(2)17-8-10-19(11-9-17)24(18-6-4-3-5-7-18)31-25(35)22-14-20(28)15-32(22)26(36)21(30-27(29)37)12-13-23(33)34/h3-11,16,20-22,24H,12-15H2,1-2H3,(H,31,35)(H,33,34)(H3,29,30,37)/t20-,21-,22+,24+/m1/s1. The smallest absolute Gasteiger partial charge is 0.312 e. The number of aliphatic carboxylic acids is 1. The second kappa shape index (κ2) is 12.3. The van der Waals surface area contributed by atoms with Crippen LogP contribution in [-0.4, -0.2) is 58.6 Å². The van der Waals surface area contributed by atoms with Crippen LogP contribution in [0.1, 0.15) is 61.8 Å². The molecule has 2 aromatic carbocycles. The van der Waals surface area contributed by atoms with Crippen molar-refractivity contribution in [2.24, 2.45) is 5.73 Å². The lowest BCUT2D eigenvalue weighted by Crippen LogP contribution is -2.54. The number of nitrogens with two attached hydrogens (primary N) is 1. The Morgan fingerprint density at radius 2 is 1.59 bits per heavy atom. The molecule has 0 spiro atoms. The molecule has 1 heterocycles. The topological polar surface area (TPSA) is 142 Å². The number of primary amides is 1.